The van der Waals surface area contributed by atoms with E-state index in [4.69, 9.17) is 0 Å². The quantitative estimate of drug-likeness (QED) is 0.873. The van der Waals surface area contributed by atoms with E-state index in [9.17, 15) is 4.79 Å². The van der Waals surface area contributed by atoms with Crippen LogP contribution in [0.25, 0.3) is 10.8 Å². The molecule has 1 aliphatic rings. The number of fused-ring (bicyclic) bond motifs is 1. The Bertz CT molecular complexity index is 692. The summed E-state index contributed by atoms with van der Waals surface area (Å²) in [6, 6.07) is 15.0. The van der Waals surface area contributed by atoms with Gasteiger partial charge in [-0.25, -0.2) is 0 Å². The Morgan fingerprint density at radius 3 is 2.58 bits per heavy atom. The summed E-state index contributed by atoms with van der Waals surface area (Å²) in [6.45, 7) is 6.15. The lowest BCUT2D eigenvalue weighted by Crippen LogP contribution is -3.13. The van der Waals surface area contributed by atoms with Gasteiger partial charge in [-0.1, -0.05) is 30.3 Å². The zero-order valence-corrected chi connectivity index (χ0v) is 14.7. The summed E-state index contributed by atoms with van der Waals surface area (Å²) in [5, 5.41) is 5.64. The van der Waals surface area contributed by atoms with Gasteiger partial charge in [-0.3, -0.25) is 4.79 Å². The third kappa shape index (κ3) is 4.06. The van der Waals surface area contributed by atoms with Crippen molar-refractivity contribution in [3.8, 4) is 0 Å². The fourth-order valence-electron chi connectivity index (χ4n) is 3.52. The van der Waals surface area contributed by atoms with E-state index in [-0.39, 0.29) is 5.91 Å². The summed E-state index contributed by atoms with van der Waals surface area (Å²) in [6.07, 6.45) is 2.18. The summed E-state index contributed by atoms with van der Waals surface area (Å²) in [7, 11) is 1.98. The molecule has 1 saturated heterocycles. The maximum atomic E-state index is 12.4. The van der Waals surface area contributed by atoms with E-state index < -0.39 is 0 Å². The monoisotopic (exact) mass is 326 g/mol. The zero-order valence-electron chi connectivity index (χ0n) is 14.7. The molecule has 1 aliphatic heterocycles. The Balaban J connectivity index is 1.55. The Morgan fingerprint density at radius 2 is 1.88 bits per heavy atom. The van der Waals surface area contributed by atoms with Crippen LogP contribution < -0.4 is 15.1 Å². The summed E-state index contributed by atoms with van der Waals surface area (Å²) in [5.74, 6) is 0.121. The van der Waals surface area contributed by atoms with E-state index in [0.717, 1.165) is 18.5 Å². The molecule has 4 heteroatoms. The Morgan fingerprint density at radius 1 is 1.17 bits per heavy atom. The highest BCUT2D eigenvalue weighted by atomic mass is 16.2. The van der Waals surface area contributed by atoms with Crippen LogP contribution in [0.3, 0.4) is 0 Å². The molecule has 4 nitrogen and oxygen atoms in total. The van der Waals surface area contributed by atoms with Gasteiger partial charge in [-0.2, -0.15) is 0 Å². The first kappa shape index (κ1) is 16.8. The number of rotatable bonds is 5. The number of nitrogens with zero attached hydrogens (tertiary/aromatic N) is 1. The smallest absolute Gasteiger partial charge is 0.239 e. The second-order valence-corrected chi connectivity index (χ2v) is 6.83. The van der Waals surface area contributed by atoms with Crippen molar-refractivity contribution in [3.63, 3.8) is 0 Å². The second-order valence-electron chi connectivity index (χ2n) is 6.83. The van der Waals surface area contributed by atoms with Gasteiger partial charge in [0.05, 0.1) is 26.2 Å². The van der Waals surface area contributed by atoms with Crippen molar-refractivity contribution in [1.29, 1.82) is 0 Å². The van der Waals surface area contributed by atoms with Crippen LogP contribution in [0, 0.1) is 0 Å². The van der Waals surface area contributed by atoms with Crippen LogP contribution >= 0.6 is 0 Å². The van der Waals surface area contributed by atoms with Crippen molar-refractivity contribution >= 4 is 22.4 Å². The zero-order chi connectivity index (χ0) is 16.9. The fourth-order valence-corrected chi connectivity index (χ4v) is 3.52. The molecular weight excluding hydrogens is 298 g/mol. The topological polar surface area (TPSA) is 36.8 Å². The van der Waals surface area contributed by atoms with Crippen LogP contribution in [0.2, 0.25) is 0 Å². The number of carbonyl (C=O) groups is 1. The maximum Gasteiger partial charge on any atom is 0.239 e. The normalized spacial score (nSPS) is 20.8. The first-order chi connectivity index (χ1) is 11.7. The highest BCUT2D eigenvalue weighted by molar-refractivity contribution is 5.87. The second kappa shape index (κ2) is 7.67. The number of hydrogen-bond donors (Lipinski definition) is 2. The molecule has 0 saturated carbocycles. The molecule has 1 amide bonds. The van der Waals surface area contributed by atoms with E-state index in [1.807, 2.05) is 24.1 Å². The molecule has 0 bridgehead atoms. The molecule has 0 radical (unpaired) electrons. The largest absolute Gasteiger partial charge is 0.365 e. The number of hydrogen-bond acceptors (Lipinski definition) is 2. The van der Waals surface area contributed by atoms with Gasteiger partial charge in [-0.15, -0.1) is 0 Å². The molecule has 3 rings (SSSR count). The number of piperidine rings is 1. The van der Waals surface area contributed by atoms with Gasteiger partial charge in [0.25, 0.3) is 0 Å². The highest BCUT2D eigenvalue weighted by Gasteiger charge is 2.22. The number of benzene rings is 2. The number of quaternary nitrogens is 1. The molecule has 0 spiro atoms. The molecule has 0 unspecified atom stereocenters. The predicted octanol–water partition coefficient (Wildman–Crippen LogP) is 1.46. The van der Waals surface area contributed by atoms with Crippen molar-refractivity contribution < 1.29 is 9.69 Å². The lowest BCUT2D eigenvalue weighted by Gasteiger charge is -2.29. The Hall–Kier alpha value is -2.07. The van der Waals surface area contributed by atoms with Crippen LogP contribution in [0.4, 0.5) is 5.69 Å². The van der Waals surface area contributed by atoms with Crippen molar-refractivity contribution in [2.24, 2.45) is 0 Å². The standard InChI is InChI=1S/C20H27N3O/c1-3-23-12-10-18(11-13-23)21-20(24)15-22(2)19-9-8-16-6-4-5-7-17(16)14-19/h4-9,14,18H,3,10-13,15H2,1-2H3,(H,21,24)/p+1. The number of likely N-dealkylation sites (N-methyl/N-ethyl adjacent to an activating group) is 1. The van der Waals surface area contributed by atoms with Crippen LogP contribution in [0.1, 0.15) is 19.8 Å². The summed E-state index contributed by atoms with van der Waals surface area (Å²) in [5.41, 5.74) is 1.08. The molecule has 128 valence electrons. The number of amides is 1. The average molecular weight is 326 g/mol. The predicted molar refractivity (Wildman–Crippen MR) is 99.6 cm³/mol. The summed E-state index contributed by atoms with van der Waals surface area (Å²) >= 11 is 0. The Kier molecular flexibility index (Phi) is 5.36. The van der Waals surface area contributed by atoms with Crippen LogP contribution in [0.5, 0.6) is 0 Å². The minimum Gasteiger partial charge on any atom is -0.365 e. The molecule has 0 aromatic heterocycles. The first-order valence-electron chi connectivity index (χ1n) is 8.98. The van der Waals surface area contributed by atoms with Crippen LogP contribution in [-0.2, 0) is 4.79 Å². The van der Waals surface area contributed by atoms with Gasteiger partial charge in [0.1, 0.15) is 0 Å². The third-order valence-electron chi connectivity index (χ3n) is 5.11. The lowest BCUT2D eigenvalue weighted by atomic mass is 10.1. The van der Waals surface area contributed by atoms with Crippen molar-refractivity contribution in [2.75, 3.05) is 38.1 Å². The average Bonchev–Trinajstić information content (AvgIpc) is 2.61. The molecule has 0 atom stereocenters. The molecular formula is C20H28N3O+. The fraction of sp³-hybridized carbons (Fsp3) is 0.450. The molecule has 1 heterocycles. The molecule has 24 heavy (non-hydrogen) atoms. The number of nitrogens with one attached hydrogen (secondary N) is 2. The number of likely N-dealkylation sites (tertiary alicyclic amines) is 1. The first-order valence-corrected chi connectivity index (χ1v) is 8.98. The highest BCUT2D eigenvalue weighted by Crippen LogP contribution is 2.21. The van der Waals surface area contributed by atoms with Crippen molar-refractivity contribution in [1.82, 2.24) is 5.32 Å². The number of carbonyl (C=O) groups excluding carboxylic acids is 1. The van der Waals surface area contributed by atoms with Gasteiger partial charge in [0.2, 0.25) is 5.91 Å². The van der Waals surface area contributed by atoms with E-state index >= 15 is 0 Å². The van der Waals surface area contributed by atoms with E-state index in [1.54, 1.807) is 4.90 Å². The molecule has 1 fully saturated rings. The van der Waals surface area contributed by atoms with Gasteiger partial charge in [0, 0.05) is 31.6 Å². The summed E-state index contributed by atoms with van der Waals surface area (Å²) < 4.78 is 0. The van der Waals surface area contributed by atoms with Crippen LogP contribution in [0.15, 0.2) is 42.5 Å². The van der Waals surface area contributed by atoms with Gasteiger partial charge in [0.15, 0.2) is 0 Å². The van der Waals surface area contributed by atoms with Crippen molar-refractivity contribution in [3.05, 3.63) is 42.5 Å². The van der Waals surface area contributed by atoms with Crippen molar-refractivity contribution in [2.45, 2.75) is 25.8 Å². The molecule has 2 aromatic rings. The number of anilines is 1. The molecule has 0 aliphatic carbocycles. The Labute approximate surface area is 144 Å². The van der Waals surface area contributed by atoms with Crippen LogP contribution in [-0.4, -0.2) is 45.2 Å². The minimum absolute atomic E-state index is 0.121. The minimum atomic E-state index is 0.121. The maximum absolute atomic E-state index is 12.4. The van der Waals surface area contributed by atoms with Gasteiger partial charge < -0.3 is 15.1 Å². The lowest BCUT2D eigenvalue weighted by molar-refractivity contribution is -0.903. The SMILES string of the molecule is CC[NH+]1CCC(NC(=O)CN(C)c2ccc3ccccc3c2)CC1. The molecule has 2 aromatic carbocycles. The molecule has 2 N–H and O–H groups in total. The van der Waals surface area contributed by atoms with Gasteiger partial charge >= 0.3 is 0 Å². The van der Waals surface area contributed by atoms with E-state index in [0.29, 0.717) is 12.6 Å². The summed E-state index contributed by atoms with van der Waals surface area (Å²) in [4.78, 5) is 16.0. The third-order valence-corrected chi connectivity index (χ3v) is 5.11. The van der Waals surface area contributed by atoms with E-state index in [2.05, 4.69) is 42.6 Å². The van der Waals surface area contributed by atoms with E-state index in [1.165, 1.54) is 30.4 Å². The van der Waals surface area contributed by atoms with Gasteiger partial charge in [-0.05, 0) is 29.8 Å².